The topological polar surface area (TPSA) is 57.8 Å². The number of nitrogens with one attached hydrogen (secondary N) is 2. The third-order valence-electron chi connectivity index (χ3n) is 2.74. The van der Waals surface area contributed by atoms with Crippen LogP contribution in [0.25, 0.3) is 0 Å². The van der Waals surface area contributed by atoms with E-state index in [0.29, 0.717) is 17.2 Å². The molecule has 0 aromatic carbocycles. The maximum atomic E-state index is 11.2. The van der Waals surface area contributed by atoms with Crippen molar-refractivity contribution in [2.45, 2.75) is 19.8 Å². The number of carbonyl (C=O) groups is 1. The molecule has 0 atom stereocenters. The highest BCUT2D eigenvalue weighted by molar-refractivity contribution is 5.94. The van der Waals surface area contributed by atoms with E-state index in [9.17, 15) is 4.79 Å². The van der Waals surface area contributed by atoms with Crippen molar-refractivity contribution in [3.05, 3.63) is 17.5 Å². The van der Waals surface area contributed by atoms with Gasteiger partial charge in [0.1, 0.15) is 5.69 Å². The van der Waals surface area contributed by atoms with E-state index < -0.39 is 0 Å². The number of piperidine rings is 1. The van der Waals surface area contributed by atoms with Gasteiger partial charge in [-0.3, -0.25) is 9.89 Å². The Morgan fingerprint density at radius 3 is 2.94 bits per heavy atom. The van der Waals surface area contributed by atoms with Crippen LogP contribution in [0.5, 0.6) is 0 Å². The van der Waals surface area contributed by atoms with Gasteiger partial charge in [0, 0.05) is 12.8 Å². The fraction of sp³-hybridized carbons (Fsp3) is 0.500. The Balaban J connectivity index is 2.10. The van der Waals surface area contributed by atoms with Gasteiger partial charge in [0.15, 0.2) is 5.78 Å². The smallest absolute Gasteiger partial charge is 0.178 e. The van der Waals surface area contributed by atoms with Crippen LogP contribution in [0.15, 0.2) is 6.20 Å². The molecule has 1 aliphatic heterocycles. The first-order valence-electron chi connectivity index (χ1n) is 5.54. The molecule has 2 heterocycles. The van der Waals surface area contributed by atoms with Crippen molar-refractivity contribution >= 4 is 5.78 Å². The summed E-state index contributed by atoms with van der Waals surface area (Å²) in [4.78, 5) is 11.2. The van der Waals surface area contributed by atoms with Gasteiger partial charge in [0.2, 0.25) is 0 Å². The van der Waals surface area contributed by atoms with Crippen molar-refractivity contribution in [1.82, 2.24) is 15.5 Å². The molecule has 0 spiro atoms. The second kappa shape index (κ2) is 4.95. The highest BCUT2D eigenvalue weighted by atomic mass is 16.1. The summed E-state index contributed by atoms with van der Waals surface area (Å²) in [5, 5.41) is 9.82. The van der Waals surface area contributed by atoms with Crippen molar-refractivity contribution in [3.63, 3.8) is 0 Å². The quantitative estimate of drug-likeness (QED) is 0.544. The van der Waals surface area contributed by atoms with E-state index in [2.05, 4.69) is 27.4 Å². The molecule has 0 unspecified atom stereocenters. The van der Waals surface area contributed by atoms with Gasteiger partial charge in [-0.05, 0) is 25.9 Å². The van der Waals surface area contributed by atoms with Crippen molar-refractivity contribution in [1.29, 1.82) is 0 Å². The zero-order valence-electron chi connectivity index (χ0n) is 9.34. The summed E-state index contributed by atoms with van der Waals surface area (Å²) in [5.74, 6) is 6.69. The van der Waals surface area contributed by atoms with Gasteiger partial charge >= 0.3 is 0 Å². The molecule has 1 aromatic heterocycles. The number of rotatable bonds is 1. The Hall–Kier alpha value is -1.60. The number of hydrogen-bond acceptors (Lipinski definition) is 3. The number of ketones is 1. The van der Waals surface area contributed by atoms with Crippen molar-refractivity contribution in [2.24, 2.45) is 5.92 Å². The van der Waals surface area contributed by atoms with Crippen LogP contribution in [0, 0.1) is 17.8 Å². The molecule has 84 valence electrons. The Labute approximate surface area is 94.8 Å². The predicted octanol–water partition coefficient (Wildman–Crippen LogP) is 0.963. The van der Waals surface area contributed by atoms with Crippen LogP contribution in [0.4, 0.5) is 0 Å². The molecule has 0 amide bonds. The fourth-order valence-electron chi connectivity index (χ4n) is 1.80. The summed E-state index contributed by atoms with van der Waals surface area (Å²) in [5.41, 5.74) is 1.23. The molecule has 4 nitrogen and oxygen atoms in total. The molecule has 2 rings (SSSR count). The number of hydrogen-bond donors (Lipinski definition) is 2. The van der Waals surface area contributed by atoms with Crippen molar-refractivity contribution < 1.29 is 4.79 Å². The molecule has 1 saturated heterocycles. The number of aromatic nitrogens is 2. The molecule has 2 N–H and O–H groups in total. The molecule has 1 aliphatic rings. The van der Waals surface area contributed by atoms with Crippen molar-refractivity contribution in [3.8, 4) is 11.8 Å². The fourth-order valence-corrected chi connectivity index (χ4v) is 1.80. The van der Waals surface area contributed by atoms with E-state index in [1.807, 2.05) is 0 Å². The first kappa shape index (κ1) is 10.9. The van der Waals surface area contributed by atoms with E-state index >= 15 is 0 Å². The van der Waals surface area contributed by atoms with Gasteiger partial charge in [0.05, 0.1) is 11.8 Å². The van der Waals surface area contributed by atoms with Gasteiger partial charge < -0.3 is 5.32 Å². The second-order valence-electron chi connectivity index (χ2n) is 4.01. The van der Waals surface area contributed by atoms with E-state index in [1.165, 1.54) is 6.92 Å². The van der Waals surface area contributed by atoms with Crippen LogP contribution < -0.4 is 5.32 Å². The van der Waals surface area contributed by atoms with Crippen LogP contribution in [0.3, 0.4) is 0 Å². The van der Waals surface area contributed by atoms with Crippen LogP contribution >= 0.6 is 0 Å². The van der Waals surface area contributed by atoms with E-state index in [1.54, 1.807) is 6.20 Å². The van der Waals surface area contributed by atoms with Gasteiger partial charge in [-0.15, -0.1) is 0 Å². The predicted molar refractivity (Wildman–Crippen MR) is 61.1 cm³/mol. The van der Waals surface area contributed by atoms with E-state index in [0.717, 1.165) is 25.9 Å². The Morgan fingerprint density at radius 1 is 1.50 bits per heavy atom. The molecule has 1 fully saturated rings. The Bertz CT molecular complexity index is 433. The molecule has 16 heavy (non-hydrogen) atoms. The average molecular weight is 217 g/mol. The first-order valence-corrected chi connectivity index (χ1v) is 5.54. The summed E-state index contributed by atoms with van der Waals surface area (Å²) in [6, 6.07) is 0. The normalized spacial score (nSPS) is 16.6. The molecule has 0 saturated carbocycles. The number of Topliss-reactive ketones (excluding diaryl/α,β-unsaturated/α-hetero) is 1. The average Bonchev–Trinajstić information content (AvgIpc) is 2.76. The van der Waals surface area contributed by atoms with E-state index in [4.69, 9.17) is 0 Å². The maximum Gasteiger partial charge on any atom is 0.178 e. The lowest BCUT2D eigenvalue weighted by Gasteiger charge is -2.17. The highest BCUT2D eigenvalue weighted by Gasteiger charge is 2.10. The lowest BCUT2D eigenvalue weighted by Crippen LogP contribution is -2.26. The Kier molecular flexibility index (Phi) is 3.37. The van der Waals surface area contributed by atoms with Gasteiger partial charge in [-0.1, -0.05) is 11.8 Å². The lowest BCUT2D eigenvalue weighted by molar-refractivity contribution is 0.101. The minimum absolute atomic E-state index is 0.0212. The maximum absolute atomic E-state index is 11.2. The summed E-state index contributed by atoms with van der Waals surface area (Å²) >= 11 is 0. The summed E-state index contributed by atoms with van der Waals surface area (Å²) in [6.07, 6.45) is 3.78. The van der Waals surface area contributed by atoms with Crippen LogP contribution in [0.1, 0.15) is 35.8 Å². The largest absolute Gasteiger partial charge is 0.317 e. The molecule has 0 radical (unpaired) electrons. The minimum Gasteiger partial charge on any atom is -0.317 e. The first-order chi connectivity index (χ1) is 7.77. The number of carbonyl (C=O) groups excluding carboxylic acids is 1. The van der Waals surface area contributed by atoms with E-state index in [-0.39, 0.29) is 5.78 Å². The van der Waals surface area contributed by atoms with Gasteiger partial charge in [-0.25, -0.2) is 0 Å². The number of aromatic amines is 1. The minimum atomic E-state index is -0.0212. The number of nitrogens with zero attached hydrogens (tertiary/aromatic N) is 1. The summed E-state index contributed by atoms with van der Waals surface area (Å²) in [7, 11) is 0. The summed E-state index contributed by atoms with van der Waals surface area (Å²) < 4.78 is 0. The number of H-pyrrole nitrogens is 1. The third-order valence-corrected chi connectivity index (χ3v) is 2.74. The summed E-state index contributed by atoms with van der Waals surface area (Å²) in [6.45, 7) is 3.58. The standard InChI is InChI=1S/C12H15N3O/c1-9(16)12-11(8-14-15-12)3-2-10-4-6-13-7-5-10/h8,10,13H,4-7H2,1H3,(H,14,15). The third kappa shape index (κ3) is 2.50. The molecule has 1 aromatic rings. The molecule has 0 aliphatic carbocycles. The van der Waals surface area contributed by atoms with Gasteiger partial charge in [0.25, 0.3) is 0 Å². The second-order valence-corrected chi connectivity index (χ2v) is 4.01. The highest BCUT2D eigenvalue weighted by Crippen LogP contribution is 2.11. The monoisotopic (exact) mass is 217 g/mol. The molecule has 4 heteroatoms. The SMILES string of the molecule is CC(=O)c1[nH]ncc1C#CC1CCNCC1. The van der Waals surface area contributed by atoms with Crippen LogP contribution in [0.2, 0.25) is 0 Å². The van der Waals surface area contributed by atoms with Crippen LogP contribution in [-0.2, 0) is 0 Å². The molecular weight excluding hydrogens is 202 g/mol. The zero-order valence-corrected chi connectivity index (χ0v) is 9.34. The molecular formula is C12H15N3O. The lowest BCUT2D eigenvalue weighted by atomic mass is 9.98. The van der Waals surface area contributed by atoms with Crippen LogP contribution in [-0.4, -0.2) is 29.1 Å². The zero-order chi connectivity index (χ0) is 11.4. The van der Waals surface area contributed by atoms with Gasteiger partial charge in [-0.2, -0.15) is 5.10 Å². The molecule has 0 bridgehead atoms. The van der Waals surface area contributed by atoms with Crippen molar-refractivity contribution in [2.75, 3.05) is 13.1 Å². The Morgan fingerprint density at radius 2 is 2.25 bits per heavy atom.